The molecule has 0 aromatic rings. The Morgan fingerprint density at radius 1 is 0.870 bits per heavy atom. The van der Waals surface area contributed by atoms with Crippen molar-refractivity contribution >= 4 is 5.97 Å². The van der Waals surface area contributed by atoms with Gasteiger partial charge in [0.05, 0.1) is 6.10 Å². The molecule has 2 saturated heterocycles. The molecule has 0 amide bonds. The Hall–Kier alpha value is -0.890. The third-order valence-corrected chi connectivity index (χ3v) is 3.90. The third kappa shape index (κ3) is 3.47. The number of rotatable bonds is 3. The number of carbonyl (C=O) groups is 1. The second-order valence-electron chi connectivity index (χ2n) is 5.55. The van der Waals surface area contributed by atoms with E-state index in [0.29, 0.717) is 0 Å². The van der Waals surface area contributed by atoms with Crippen LogP contribution in [0.2, 0.25) is 0 Å². The Morgan fingerprint density at radius 3 is 2.04 bits per heavy atom. The molecule has 0 bridgehead atoms. The van der Waals surface area contributed by atoms with Gasteiger partial charge >= 0.3 is 5.97 Å². The molecule has 11 heteroatoms. The summed E-state index contributed by atoms with van der Waals surface area (Å²) >= 11 is 0. The van der Waals surface area contributed by atoms with Crippen molar-refractivity contribution in [3.8, 4) is 0 Å². The molecular formula is C12H20O11. The molecule has 23 heavy (non-hydrogen) atoms. The molecule has 134 valence electrons. The summed E-state index contributed by atoms with van der Waals surface area (Å²) < 4.78 is 15.1. The van der Waals surface area contributed by atoms with Crippen molar-refractivity contribution in [1.29, 1.82) is 0 Å². The lowest BCUT2D eigenvalue weighted by Crippen LogP contribution is -2.64. The summed E-state index contributed by atoms with van der Waals surface area (Å²) in [4.78, 5) is 11.0. The van der Waals surface area contributed by atoms with E-state index in [4.69, 9.17) is 19.3 Å². The Kier molecular flexibility index (Phi) is 5.56. The number of aliphatic hydroxyl groups excluding tert-OH is 6. The van der Waals surface area contributed by atoms with Crippen molar-refractivity contribution in [1.82, 2.24) is 0 Å². The van der Waals surface area contributed by atoms with Gasteiger partial charge in [-0.15, -0.1) is 0 Å². The van der Waals surface area contributed by atoms with Gasteiger partial charge in [-0.05, 0) is 6.92 Å². The molecule has 7 N–H and O–H groups in total. The van der Waals surface area contributed by atoms with Crippen LogP contribution in [0.5, 0.6) is 0 Å². The van der Waals surface area contributed by atoms with Crippen LogP contribution in [0, 0.1) is 0 Å². The maximum absolute atomic E-state index is 11.0. The average Bonchev–Trinajstić information content (AvgIpc) is 2.48. The summed E-state index contributed by atoms with van der Waals surface area (Å²) in [5.41, 5.74) is 0. The zero-order valence-electron chi connectivity index (χ0n) is 12.0. The number of aliphatic carboxylic acids is 1. The summed E-state index contributed by atoms with van der Waals surface area (Å²) in [7, 11) is 0. The highest BCUT2D eigenvalue weighted by Crippen LogP contribution is 2.28. The molecule has 11 nitrogen and oxygen atoms in total. The highest BCUT2D eigenvalue weighted by molar-refractivity contribution is 5.73. The maximum atomic E-state index is 11.0. The van der Waals surface area contributed by atoms with Gasteiger partial charge in [0.1, 0.15) is 36.6 Å². The Balaban J connectivity index is 2.12. The van der Waals surface area contributed by atoms with E-state index in [1.54, 1.807) is 0 Å². The predicted molar refractivity (Wildman–Crippen MR) is 67.8 cm³/mol. The number of hydrogen-bond acceptors (Lipinski definition) is 10. The number of carboxylic acid groups (broad SMARTS) is 1. The van der Waals surface area contributed by atoms with Gasteiger partial charge in [-0.3, -0.25) is 0 Å². The lowest BCUT2D eigenvalue weighted by molar-refractivity contribution is -0.347. The van der Waals surface area contributed by atoms with Crippen molar-refractivity contribution in [2.24, 2.45) is 0 Å². The maximum Gasteiger partial charge on any atom is 0.335 e. The van der Waals surface area contributed by atoms with Crippen LogP contribution < -0.4 is 0 Å². The van der Waals surface area contributed by atoms with Crippen molar-refractivity contribution in [2.75, 3.05) is 0 Å². The van der Waals surface area contributed by atoms with E-state index in [0.717, 1.165) is 0 Å². The monoisotopic (exact) mass is 340 g/mol. The summed E-state index contributed by atoms with van der Waals surface area (Å²) in [6.07, 6.45) is -16.3. The molecule has 0 radical (unpaired) electrons. The molecule has 0 saturated carbocycles. The molecule has 0 aromatic carbocycles. The van der Waals surface area contributed by atoms with Gasteiger partial charge in [-0.25, -0.2) is 4.79 Å². The SMILES string of the molecule is C[C@@H]1O[C@@H](O)[C@H](O)[C@H](O)[C@H]1O[C@@H]1O[C@H](C(=O)O)[C@@H](O)[C@H](O)[C@H]1O. The van der Waals surface area contributed by atoms with Gasteiger partial charge in [-0.2, -0.15) is 0 Å². The highest BCUT2D eigenvalue weighted by Gasteiger charge is 2.51. The van der Waals surface area contributed by atoms with Crippen LogP contribution in [0.3, 0.4) is 0 Å². The van der Waals surface area contributed by atoms with E-state index >= 15 is 0 Å². The lowest BCUT2D eigenvalue weighted by atomic mass is 9.97. The summed E-state index contributed by atoms with van der Waals surface area (Å²) in [6.45, 7) is 1.40. The summed E-state index contributed by atoms with van der Waals surface area (Å²) in [5.74, 6) is -1.58. The topological polar surface area (TPSA) is 186 Å². The summed E-state index contributed by atoms with van der Waals surface area (Å²) in [6, 6.07) is 0. The summed E-state index contributed by atoms with van der Waals surface area (Å²) in [5, 5.41) is 66.9. The molecule has 2 aliphatic heterocycles. The van der Waals surface area contributed by atoms with Crippen LogP contribution in [0.1, 0.15) is 6.92 Å². The van der Waals surface area contributed by atoms with Gasteiger partial charge in [0.25, 0.3) is 0 Å². The molecule has 0 aromatic heterocycles. The second-order valence-corrected chi connectivity index (χ2v) is 5.55. The molecule has 0 spiro atoms. The Bertz CT molecular complexity index is 431. The van der Waals surface area contributed by atoms with Crippen LogP contribution in [0.15, 0.2) is 0 Å². The van der Waals surface area contributed by atoms with E-state index in [2.05, 4.69) is 0 Å². The van der Waals surface area contributed by atoms with E-state index in [1.807, 2.05) is 0 Å². The number of carboxylic acids is 1. The minimum Gasteiger partial charge on any atom is -0.479 e. The normalized spacial score (nSPS) is 51.4. The van der Waals surface area contributed by atoms with Crippen LogP contribution in [0.4, 0.5) is 0 Å². The number of hydrogen-bond donors (Lipinski definition) is 7. The highest BCUT2D eigenvalue weighted by atomic mass is 16.7. The molecule has 0 unspecified atom stereocenters. The molecule has 2 rings (SSSR count). The predicted octanol–water partition coefficient (Wildman–Crippen LogP) is -4.28. The van der Waals surface area contributed by atoms with Gasteiger partial charge in [0.15, 0.2) is 18.7 Å². The van der Waals surface area contributed by atoms with Gasteiger partial charge in [0.2, 0.25) is 0 Å². The van der Waals surface area contributed by atoms with Gasteiger partial charge in [-0.1, -0.05) is 0 Å². The molecular weight excluding hydrogens is 320 g/mol. The van der Waals surface area contributed by atoms with Crippen LogP contribution in [-0.4, -0.2) is 103 Å². The second kappa shape index (κ2) is 6.93. The smallest absolute Gasteiger partial charge is 0.335 e. The first-order valence-corrected chi connectivity index (χ1v) is 6.92. The quantitative estimate of drug-likeness (QED) is 0.263. The number of aliphatic hydroxyl groups is 6. The third-order valence-electron chi connectivity index (χ3n) is 3.90. The molecule has 2 heterocycles. The molecule has 10 atom stereocenters. The first-order chi connectivity index (χ1) is 10.6. The molecule has 0 aliphatic carbocycles. The van der Waals surface area contributed by atoms with Crippen LogP contribution >= 0.6 is 0 Å². The van der Waals surface area contributed by atoms with Crippen molar-refractivity contribution in [3.05, 3.63) is 0 Å². The zero-order chi connectivity index (χ0) is 17.5. The average molecular weight is 340 g/mol. The van der Waals surface area contributed by atoms with E-state index < -0.39 is 67.4 Å². The van der Waals surface area contributed by atoms with E-state index in [1.165, 1.54) is 6.92 Å². The first kappa shape index (κ1) is 18.4. The standard InChI is InChI=1S/C12H20O11/c1-2-8(5(15)6(16)11(20)21-2)22-12-7(17)3(13)4(14)9(23-12)10(18)19/h2-9,11-17,20H,1H3,(H,18,19)/t2-,3-,4-,5-,6+,7+,8-,9-,11+,12+/m0/s1. The minimum atomic E-state index is -1.88. The largest absolute Gasteiger partial charge is 0.479 e. The van der Waals surface area contributed by atoms with Crippen LogP contribution in [0.25, 0.3) is 0 Å². The van der Waals surface area contributed by atoms with Gasteiger partial charge in [0, 0.05) is 0 Å². The minimum absolute atomic E-state index is 0.938. The van der Waals surface area contributed by atoms with Crippen molar-refractivity contribution in [3.63, 3.8) is 0 Å². The molecule has 2 fully saturated rings. The van der Waals surface area contributed by atoms with Crippen molar-refractivity contribution < 1.29 is 54.8 Å². The fraction of sp³-hybridized carbons (Fsp3) is 0.917. The lowest BCUT2D eigenvalue weighted by Gasteiger charge is -2.44. The molecule has 2 aliphatic rings. The van der Waals surface area contributed by atoms with E-state index in [-0.39, 0.29) is 0 Å². The van der Waals surface area contributed by atoms with E-state index in [9.17, 15) is 35.4 Å². The fourth-order valence-corrected chi connectivity index (χ4v) is 2.53. The van der Waals surface area contributed by atoms with Gasteiger partial charge < -0.3 is 50.0 Å². The number of ether oxygens (including phenoxy) is 3. The Labute approximate surface area is 130 Å². The fourth-order valence-electron chi connectivity index (χ4n) is 2.53. The zero-order valence-corrected chi connectivity index (χ0v) is 12.0. The first-order valence-electron chi connectivity index (χ1n) is 6.92. The Morgan fingerprint density at radius 2 is 1.48 bits per heavy atom. The van der Waals surface area contributed by atoms with Crippen LogP contribution in [-0.2, 0) is 19.0 Å². The van der Waals surface area contributed by atoms with Crippen molar-refractivity contribution in [2.45, 2.75) is 68.3 Å².